The molecule has 2 aromatic heterocycles. The fourth-order valence-corrected chi connectivity index (χ4v) is 3.48. The molecule has 0 aliphatic rings. The summed E-state index contributed by atoms with van der Waals surface area (Å²) in [5.41, 5.74) is 5.05. The summed E-state index contributed by atoms with van der Waals surface area (Å²) in [5, 5.41) is 15.3. The van der Waals surface area contributed by atoms with E-state index in [1.807, 2.05) is 13.8 Å². The topological polar surface area (TPSA) is 162 Å². The highest BCUT2D eigenvalue weighted by atomic mass is 16.6. The molecule has 0 bridgehead atoms. The van der Waals surface area contributed by atoms with Gasteiger partial charge in [-0.3, -0.25) is 34.2 Å². The lowest BCUT2D eigenvalue weighted by Gasteiger charge is -2.23. The number of carbonyl (C=O) groups is 1. The predicted octanol–water partition coefficient (Wildman–Crippen LogP) is 2.46. The number of aromatic nitrogens is 4. The Bertz CT molecular complexity index is 1310. The third-order valence-electron chi connectivity index (χ3n) is 5.31. The Kier molecular flexibility index (Phi) is 7.61. The number of nitrogen functional groups attached to an aromatic ring is 1. The van der Waals surface area contributed by atoms with Crippen molar-refractivity contribution in [2.24, 2.45) is 0 Å². The van der Waals surface area contributed by atoms with Crippen molar-refractivity contribution in [3.05, 3.63) is 73.2 Å². The lowest BCUT2D eigenvalue weighted by atomic mass is 10.2. The molecule has 12 nitrogen and oxygen atoms in total. The summed E-state index contributed by atoms with van der Waals surface area (Å²) in [6, 6.07) is 7.29. The second kappa shape index (κ2) is 10.6. The van der Waals surface area contributed by atoms with Crippen LogP contribution in [-0.4, -0.2) is 36.7 Å². The first-order valence-electron chi connectivity index (χ1n) is 11.0. The summed E-state index contributed by atoms with van der Waals surface area (Å²) in [6.07, 6.45) is 4.32. The van der Waals surface area contributed by atoms with Crippen molar-refractivity contribution in [3.63, 3.8) is 0 Å². The Morgan fingerprint density at radius 3 is 2.62 bits per heavy atom. The molecule has 3 aromatic rings. The molecule has 180 valence electrons. The van der Waals surface area contributed by atoms with Crippen LogP contribution >= 0.6 is 0 Å². The number of amides is 1. The Morgan fingerprint density at radius 1 is 1.21 bits per heavy atom. The first-order valence-corrected chi connectivity index (χ1v) is 11.0. The maximum atomic E-state index is 13.4. The maximum absolute atomic E-state index is 13.4. The molecule has 0 radical (unpaired) electrons. The molecule has 0 unspecified atom stereocenters. The zero-order chi connectivity index (χ0) is 24.8. The van der Waals surface area contributed by atoms with Gasteiger partial charge in [-0.25, -0.2) is 9.48 Å². The molecular weight excluding hydrogens is 442 g/mol. The number of nitro groups is 1. The normalized spacial score (nSPS) is 10.9. The van der Waals surface area contributed by atoms with Crippen molar-refractivity contribution in [1.29, 1.82) is 0 Å². The number of non-ortho nitro benzene ring substituents is 1. The van der Waals surface area contributed by atoms with Crippen LogP contribution < -0.4 is 21.9 Å². The van der Waals surface area contributed by atoms with Crippen LogP contribution in [0.3, 0.4) is 0 Å². The largest absolute Gasteiger partial charge is 0.383 e. The van der Waals surface area contributed by atoms with Gasteiger partial charge in [-0.15, -0.1) is 0 Å². The summed E-state index contributed by atoms with van der Waals surface area (Å²) in [7, 11) is 0. The molecule has 34 heavy (non-hydrogen) atoms. The van der Waals surface area contributed by atoms with Gasteiger partial charge in [-0.05, 0) is 25.0 Å². The highest BCUT2D eigenvalue weighted by Gasteiger charge is 2.26. The van der Waals surface area contributed by atoms with Crippen molar-refractivity contribution >= 4 is 23.1 Å². The number of aromatic amines is 1. The van der Waals surface area contributed by atoms with Crippen molar-refractivity contribution in [2.75, 3.05) is 17.2 Å². The fourth-order valence-electron chi connectivity index (χ4n) is 3.48. The van der Waals surface area contributed by atoms with E-state index in [4.69, 9.17) is 5.73 Å². The fraction of sp³-hybridized carbons (Fsp3) is 0.364. The molecule has 1 aromatic carbocycles. The number of hydrogen-bond donors (Lipinski definition) is 2. The van der Waals surface area contributed by atoms with Gasteiger partial charge in [0.2, 0.25) is 0 Å². The second-order valence-electron chi connectivity index (χ2n) is 7.73. The summed E-state index contributed by atoms with van der Waals surface area (Å²) in [5.74, 6) is -0.653. The summed E-state index contributed by atoms with van der Waals surface area (Å²) in [4.78, 5) is 52.5. The maximum Gasteiger partial charge on any atom is 0.330 e. The third kappa shape index (κ3) is 5.05. The van der Waals surface area contributed by atoms with Crippen LogP contribution in [0.2, 0.25) is 0 Å². The van der Waals surface area contributed by atoms with Crippen LogP contribution in [0.5, 0.6) is 0 Å². The molecular formula is C22H27N7O5. The Hall–Kier alpha value is -4.22. The van der Waals surface area contributed by atoms with Gasteiger partial charge in [0, 0.05) is 31.4 Å². The van der Waals surface area contributed by atoms with Crippen LogP contribution in [0.4, 0.5) is 17.2 Å². The van der Waals surface area contributed by atoms with E-state index in [0.717, 1.165) is 12.8 Å². The monoisotopic (exact) mass is 469 g/mol. The Labute approximate surface area is 194 Å². The summed E-state index contributed by atoms with van der Waals surface area (Å²) >= 11 is 0. The number of carbonyl (C=O) groups excluding carboxylic acids is 1. The smallest absolute Gasteiger partial charge is 0.330 e. The van der Waals surface area contributed by atoms with E-state index in [2.05, 4.69) is 10.1 Å². The molecule has 0 spiro atoms. The standard InChI is InChI=1S/C22H27N7O5/c1-3-5-11-26(18-19(23)27(12-6-4-2)22(32)24-20(18)30)21(31)17-10-13-28(25-17)15-8-7-9-16(14-15)29(33)34/h7-10,13-14H,3-6,11-12,23H2,1-2H3,(H,24,30,32). The minimum Gasteiger partial charge on any atom is -0.383 e. The van der Waals surface area contributed by atoms with Crippen LogP contribution in [-0.2, 0) is 6.54 Å². The van der Waals surface area contributed by atoms with Gasteiger partial charge in [-0.1, -0.05) is 32.8 Å². The van der Waals surface area contributed by atoms with E-state index in [0.29, 0.717) is 25.1 Å². The second-order valence-corrected chi connectivity index (χ2v) is 7.73. The minimum absolute atomic E-state index is 0.0210. The van der Waals surface area contributed by atoms with Gasteiger partial charge in [-0.2, -0.15) is 5.10 Å². The van der Waals surface area contributed by atoms with Gasteiger partial charge in [0.25, 0.3) is 17.2 Å². The molecule has 0 saturated heterocycles. The quantitative estimate of drug-likeness (QED) is 0.340. The molecule has 2 heterocycles. The predicted molar refractivity (Wildman–Crippen MR) is 127 cm³/mol. The molecule has 0 aliphatic carbocycles. The number of hydrogen-bond acceptors (Lipinski definition) is 7. The zero-order valence-corrected chi connectivity index (χ0v) is 19.1. The molecule has 3 N–H and O–H groups in total. The minimum atomic E-state index is -0.752. The molecule has 0 saturated carbocycles. The van der Waals surface area contributed by atoms with Gasteiger partial charge in [0.1, 0.15) is 5.82 Å². The summed E-state index contributed by atoms with van der Waals surface area (Å²) < 4.78 is 2.60. The number of nitrogens with one attached hydrogen (secondary N) is 1. The van der Waals surface area contributed by atoms with Gasteiger partial charge in [0.15, 0.2) is 11.4 Å². The number of H-pyrrole nitrogens is 1. The molecule has 1 amide bonds. The number of nitrogens with zero attached hydrogens (tertiary/aromatic N) is 5. The van der Waals surface area contributed by atoms with E-state index < -0.39 is 22.1 Å². The number of anilines is 2. The van der Waals surface area contributed by atoms with Gasteiger partial charge < -0.3 is 5.73 Å². The number of nitro benzene ring substituents is 1. The van der Waals surface area contributed by atoms with E-state index in [9.17, 15) is 24.5 Å². The van der Waals surface area contributed by atoms with Crippen LogP contribution in [0.15, 0.2) is 46.1 Å². The summed E-state index contributed by atoms with van der Waals surface area (Å²) in [6.45, 7) is 4.40. The average Bonchev–Trinajstić information content (AvgIpc) is 3.31. The number of benzene rings is 1. The van der Waals surface area contributed by atoms with Crippen LogP contribution in [0.1, 0.15) is 50.0 Å². The lowest BCUT2D eigenvalue weighted by Crippen LogP contribution is -2.41. The molecule has 12 heteroatoms. The molecule has 0 aliphatic heterocycles. The van der Waals surface area contributed by atoms with Crippen molar-refractivity contribution in [3.8, 4) is 5.69 Å². The number of rotatable bonds is 10. The SMILES string of the molecule is CCCCN(C(=O)c1ccn(-c2cccc([N+](=O)[O-])c2)n1)c1c(N)n(CCCC)c(=O)[nH]c1=O. The third-order valence-corrected chi connectivity index (χ3v) is 5.31. The number of unbranched alkanes of at least 4 members (excludes halogenated alkanes) is 2. The molecule has 0 fully saturated rings. The van der Waals surface area contributed by atoms with Crippen molar-refractivity contribution in [2.45, 2.75) is 46.1 Å². The van der Waals surface area contributed by atoms with E-state index in [1.54, 1.807) is 6.07 Å². The van der Waals surface area contributed by atoms with Crippen molar-refractivity contribution in [1.82, 2.24) is 19.3 Å². The lowest BCUT2D eigenvalue weighted by molar-refractivity contribution is -0.384. The van der Waals surface area contributed by atoms with Gasteiger partial charge >= 0.3 is 5.69 Å². The molecule has 3 rings (SSSR count). The average molecular weight is 470 g/mol. The molecule has 0 atom stereocenters. The first-order chi connectivity index (χ1) is 16.3. The van der Waals surface area contributed by atoms with E-state index in [1.165, 1.54) is 44.6 Å². The Balaban J connectivity index is 2.03. The van der Waals surface area contributed by atoms with Crippen LogP contribution in [0.25, 0.3) is 5.69 Å². The Morgan fingerprint density at radius 2 is 1.94 bits per heavy atom. The highest BCUT2D eigenvalue weighted by molar-refractivity contribution is 6.06. The zero-order valence-electron chi connectivity index (χ0n) is 19.1. The highest BCUT2D eigenvalue weighted by Crippen LogP contribution is 2.21. The van der Waals surface area contributed by atoms with Gasteiger partial charge in [0.05, 0.1) is 10.6 Å². The van der Waals surface area contributed by atoms with E-state index in [-0.39, 0.29) is 29.4 Å². The van der Waals surface area contributed by atoms with Crippen molar-refractivity contribution < 1.29 is 9.72 Å². The van der Waals surface area contributed by atoms with Crippen LogP contribution in [0, 0.1) is 10.1 Å². The first kappa shape index (κ1) is 24.4. The van der Waals surface area contributed by atoms with E-state index >= 15 is 0 Å². The number of nitrogens with two attached hydrogens (primary N) is 1.